The Kier molecular flexibility index (Phi) is 12.2. The van der Waals surface area contributed by atoms with Crippen LogP contribution in [0.15, 0.2) is 0 Å². The lowest BCUT2D eigenvalue weighted by atomic mass is 9.77. The van der Waals surface area contributed by atoms with E-state index in [0.717, 1.165) is 0 Å². The monoisotopic (exact) mass is 514 g/mol. The van der Waals surface area contributed by atoms with Crippen molar-refractivity contribution in [2.45, 2.75) is 124 Å². The van der Waals surface area contributed by atoms with Crippen LogP contribution >= 0.6 is 0 Å². The molecule has 0 unspecified atom stereocenters. The van der Waals surface area contributed by atoms with Crippen LogP contribution in [-0.2, 0) is 19.1 Å². The van der Waals surface area contributed by atoms with Crippen molar-refractivity contribution in [2.75, 3.05) is 6.54 Å². The number of carbonyl (C=O) groups is 3. The molecule has 0 spiro atoms. The second-order valence-electron chi connectivity index (χ2n) is 12.7. The van der Waals surface area contributed by atoms with Crippen molar-refractivity contribution in [3.05, 3.63) is 0 Å². The normalized spacial score (nSPS) is 27.0. The Hall–Kier alpha value is -1.39. The third-order valence-corrected chi connectivity index (χ3v) is 6.66. The number of hydrogen-bond donors (Lipinski definition) is 5. The highest BCUT2D eigenvalue weighted by Crippen LogP contribution is 2.28. The van der Waals surface area contributed by atoms with Crippen molar-refractivity contribution >= 4 is 17.5 Å². The van der Waals surface area contributed by atoms with Crippen LogP contribution in [0.1, 0.15) is 88.0 Å². The summed E-state index contributed by atoms with van der Waals surface area (Å²) in [6, 6.07) is -0.335. The van der Waals surface area contributed by atoms with Crippen LogP contribution < -0.4 is 10.6 Å². The van der Waals surface area contributed by atoms with E-state index in [9.17, 15) is 29.7 Å². The standard InChI is InChI=1S/C27H50N2O7/c1-15(2)19(29-27(7,8)9)18(30)14-17(23(33)26(4,5)6)12-10-11-13-28-24(34)22-20(31)16(3)21(32)25(35)36-22/h15-17,19-22,25,29,31-32,35H,10-14H2,1-9H3,(H,28,34)/t16-,17+,19-,20-,21+,22-,25+/m0/s1. The summed E-state index contributed by atoms with van der Waals surface area (Å²) in [5, 5.41) is 35.8. The molecular formula is C27H50N2O7. The van der Waals surface area contributed by atoms with E-state index in [0.29, 0.717) is 25.8 Å². The molecule has 0 radical (unpaired) electrons. The maximum Gasteiger partial charge on any atom is 0.251 e. The maximum atomic E-state index is 13.2. The van der Waals surface area contributed by atoms with E-state index in [-0.39, 0.29) is 35.5 Å². The predicted octanol–water partition coefficient (Wildman–Crippen LogP) is 1.95. The molecule has 9 nitrogen and oxygen atoms in total. The summed E-state index contributed by atoms with van der Waals surface area (Å²) in [5.74, 6) is -1.50. The minimum atomic E-state index is -1.54. The largest absolute Gasteiger partial charge is 0.389 e. The average Bonchev–Trinajstić information content (AvgIpc) is 2.75. The second-order valence-corrected chi connectivity index (χ2v) is 12.7. The Morgan fingerprint density at radius 2 is 1.53 bits per heavy atom. The van der Waals surface area contributed by atoms with Crippen molar-refractivity contribution in [1.29, 1.82) is 0 Å². The van der Waals surface area contributed by atoms with E-state index in [4.69, 9.17) is 4.74 Å². The summed E-state index contributed by atoms with van der Waals surface area (Å²) >= 11 is 0. The molecule has 210 valence electrons. The molecule has 1 heterocycles. The molecule has 0 bridgehead atoms. The molecule has 9 heteroatoms. The first-order valence-corrected chi connectivity index (χ1v) is 13.2. The molecule has 36 heavy (non-hydrogen) atoms. The van der Waals surface area contributed by atoms with Gasteiger partial charge < -0.3 is 30.7 Å². The molecule has 1 rings (SSSR count). The number of unbranched alkanes of at least 4 members (excludes halogenated alkanes) is 1. The number of rotatable bonds is 12. The Morgan fingerprint density at radius 1 is 0.944 bits per heavy atom. The van der Waals surface area contributed by atoms with Gasteiger partial charge in [-0.05, 0) is 39.5 Å². The number of aliphatic hydroxyl groups excluding tert-OH is 3. The first kappa shape index (κ1) is 32.6. The van der Waals surface area contributed by atoms with Gasteiger partial charge in [-0.2, -0.15) is 0 Å². The van der Waals surface area contributed by atoms with Crippen LogP contribution in [0.25, 0.3) is 0 Å². The molecule has 5 N–H and O–H groups in total. The number of nitrogens with one attached hydrogen (secondary N) is 2. The van der Waals surface area contributed by atoms with Crippen LogP contribution in [-0.4, -0.2) is 75.5 Å². The number of ketones is 2. The first-order valence-electron chi connectivity index (χ1n) is 13.2. The molecule has 0 saturated carbocycles. The van der Waals surface area contributed by atoms with E-state index in [1.807, 2.05) is 55.4 Å². The Morgan fingerprint density at radius 3 is 2.03 bits per heavy atom. The third kappa shape index (κ3) is 9.82. The fourth-order valence-corrected chi connectivity index (χ4v) is 4.49. The summed E-state index contributed by atoms with van der Waals surface area (Å²) in [5.41, 5.74) is -0.797. The predicted molar refractivity (Wildman–Crippen MR) is 138 cm³/mol. The molecule has 1 saturated heterocycles. The van der Waals surface area contributed by atoms with Gasteiger partial charge in [-0.25, -0.2) is 0 Å². The van der Waals surface area contributed by atoms with Gasteiger partial charge in [-0.1, -0.05) is 48.0 Å². The molecule has 0 aromatic heterocycles. The number of carbonyl (C=O) groups excluding carboxylic acids is 3. The van der Waals surface area contributed by atoms with Crippen molar-refractivity contribution in [3.63, 3.8) is 0 Å². The van der Waals surface area contributed by atoms with Gasteiger partial charge in [0.15, 0.2) is 18.2 Å². The van der Waals surface area contributed by atoms with Gasteiger partial charge in [0.1, 0.15) is 11.9 Å². The van der Waals surface area contributed by atoms with Gasteiger partial charge in [0.25, 0.3) is 5.91 Å². The van der Waals surface area contributed by atoms with Crippen molar-refractivity contribution in [2.24, 2.45) is 23.2 Å². The summed E-state index contributed by atoms with van der Waals surface area (Å²) < 4.78 is 5.08. The molecule has 1 aliphatic rings. The SMILES string of the molecule is CC(C)[C@H](NC(C)(C)C)C(=O)C[C@@H](CCCCNC(=O)[C@H]1O[C@@H](O)[C@H](O)[C@@H](C)[C@@H]1O)C(=O)C(C)(C)C. The quantitative estimate of drug-likeness (QED) is 0.249. The average molecular weight is 515 g/mol. The highest BCUT2D eigenvalue weighted by molar-refractivity contribution is 5.92. The number of aliphatic hydroxyl groups is 3. The van der Waals surface area contributed by atoms with Gasteiger partial charge in [-0.3, -0.25) is 14.4 Å². The topological polar surface area (TPSA) is 145 Å². The fourth-order valence-electron chi connectivity index (χ4n) is 4.49. The Balaban J connectivity index is 2.70. The Labute approximate surface area is 216 Å². The summed E-state index contributed by atoms with van der Waals surface area (Å²) in [4.78, 5) is 38.8. The lowest BCUT2D eigenvalue weighted by molar-refractivity contribution is -0.260. The van der Waals surface area contributed by atoms with Gasteiger partial charge >= 0.3 is 0 Å². The smallest absolute Gasteiger partial charge is 0.251 e. The van der Waals surface area contributed by atoms with E-state index in [1.54, 1.807) is 0 Å². The first-order chi connectivity index (χ1) is 16.4. The third-order valence-electron chi connectivity index (χ3n) is 6.66. The van der Waals surface area contributed by atoms with Crippen molar-refractivity contribution < 1.29 is 34.4 Å². The van der Waals surface area contributed by atoms with E-state index < -0.39 is 47.8 Å². The summed E-state index contributed by atoms with van der Waals surface area (Å²) in [6.07, 6.45) is -3.40. The van der Waals surface area contributed by atoms with Crippen LogP contribution in [0.3, 0.4) is 0 Å². The molecule has 0 aromatic rings. The van der Waals surface area contributed by atoms with E-state index in [1.165, 1.54) is 6.92 Å². The maximum absolute atomic E-state index is 13.2. The number of Topliss-reactive ketones (excluding diaryl/α,β-unsaturated/α-hetero) is 2. The van der Waals surface area contributed by atoms with Crippen molar-refractivity contribution in [1.82, 2.24) is 10.6 Å². The minimum absolute atomic E-state index is 0.0362. The van der Waals surface area contributed by atoms with Gasteiger partial charge in [0.05, 0.1) is 12.1 Å². The van der Waals surface area contributed by atoms with Crippen molar-refractivity contribution in [3.8, 4) is 0 Å². The zero-order chi connectivity index (χ0) is 28.0. The molecule has 1 fully saturated rings. The summed E-state index contributed by atoms with van der Waals surface area (Å²) in [6.45, 7) is 17.5. The van der Waals surface area contributed by atoms with E-state index >= 15 is 0 Å². The molecular weight excluding hydrogens is 464 g/mol. The van der Waals surface area contributed by atoms with Gasteiger partial charge in [0, 0.05) is 35.8 Å². The van der Waals surface area contributed by atoms with Gasteiger partial charge in [-0.15, -0.1) is 0 Å². The molecule has 0 aromatic carbocycles. The number of amides is 1. The highest BCUT2D eigenvalue weighted by atomic mass is 16.6. The number of ether oxygens (including phenoxy) is 1. The lowest BCUT2D eigenvalue weighted by Crippen LogP contribution is -2.58. The van der Waals surface area contributed by atoms with Crippen LogP contribution in [0.4, 0.5) is 0 Å². The molecule has 1 amide bonds. The molecule has 0 aliphatic carbocycles. The van der Waals surface area contributed by atoms with Crippen LogP contribution in [0.5, 0.6) is 0 Å². The summed E-state index contributed by atoms with van der Waals surface area (Å²) in [7, 11) is 0. The molecule has 1 aliphatic heterocycles. The highest BCUT2D eigenvalue weighted by Gasteiger charge is 2.44. The lowest BCUT2D eigenvalue weighted by Gasteiger charge is -2.38. The second kappa shape index (κ2) is 13.4. The zero-order valence-corrected chi connectivity index (χ0v) is 23.6. The zero-order valence-electron chi connectivity index (χ0n) is 23.6. The van der Waals surface area contributed by atoms with Crippen LogP contribution in [0.2, 0.25) is 0 Å². The fraction of sp³-hybridized carbons (Fsp3) is 0.889. The van der Waals surface area contributed by atoms with Gasteiger partial charge in [0.2, 0.25) is 0 Å². The Bertz CT molecular complexity index is 741. The minimum Gasteiger partial charge on any atom is -0.389 e. The number of hydrogen-bond acceptors (Lipinski definition) is 8. The molecule has 7 atom stereocenters. The van der Waals surface area contributed by atoms with E-state index in [2.05, 4.69) is 10.6 Å². The van der Waals surface area contributed by atoms with Crippen LogP contribution in [0, 0.1) is 23.2 Å².